The second-order valence-electron chi connectivity index (χ2n) is 6.34. The van der Waals surface area contributed by atoms with Crippen LogP contribution in [0.3, 0.4) is 0 Å². The van der Waals surface area contributed by atoms with Crippen molar-refractivity contribution in [3.05, 3.63) is 59.4 Å². The van der Waals surface area contributed by atoms with Crippen LogP contribution < -0.4 is 10.1 Å². The Hall–Kier alpha value is -3.04. The normalized spacial score (nSPS) is 10.9. The van der Waals surface area contributed by atoms with E-state index >= 15 is 0 Å². The van der Waals surface area contributed by atoms with Crippen LogP contribution in [-0.4, -0.2) is 34.0 Å². The van der Waals surface area contributed by atoms with Gasteiger partial charge in [0, 0.05) is 11.3 Å². The molecule has 0 unspecified atom stereocenters. The number of ether oxygens (including phenoxy) is 1. The highest BCUT2D eigenvalue weighted by Crippen LogP contribution is 2.35. The Morgan fingerprint density at radius 2 is 1.87 bits per heavy atom. The molecule has 0 saturated heterocycles. The lowest BCUT2D eigenvalue weighted by atomic mass is 10.1. The molecule has 4 aromatic rings. The Balaban J connectivity index is 1.54. The summed E-state index contributed by atoms with van der Waals surface area (Å²) in [7, 11) is 1.62. The molecule has 1 amide bonds. The van der Waals surface area contributed by atoms with Crippen molar-refractivity contribution < 1.29 is 13.9 Å². The number of amides is 1. The summed E-state index contributed by atoms with van der Waals surface area (Å²) in [5.74, 6) is 0.339. The zero-order valence-corrected chi connectivity index (χ0v) is 17.8. The van der Waals surface area contributed by atoms with Crippen LogP contribution >= 0.6 is 23.1 Å². The smallest absolute Gasteiger partial charge is 0.234 e. The van der Waals surface area contributed by atoms with Crippen LogP contribution in [0.25, 0.3) is 21.5 Å². The lowest BCUT2D eigenvalue weighted by molar-refractivity contribution is -0.113. The summed E-state index contributed by atoms with van der Waals surface area (Å²) in [6.45, 7) is 1.93. The minimum absolute atomic E-state index is 0.139. The Morgan fingerprint density at radius 3 is 2.57 bits per heavy atom. The average molecular weight is 441 g/mol. The monoisotopic (exact) mass is 440 g/mol. The molecule has 0 aliphatic rings. The number of nitrogens with zero attached hydrogens (tertiary/aromatic N) is 3. The average Bonchev–Trinajstić information content (AvgIpc) is 3.15. The fourth-order valence-corrected chi connectivity index (χ4v) is 4.53. The van der Waals surface area contributed by atoms with E-state index in [1.54, 1.807) is 18.4 Å². The molecule has 2 aromatic carbocycles. The maximum atomic E-state index is 13.0. The Kier molecular flexibility index (Phi) is 5.91. The number of carbonyl (C=O) groups excluding carboxylic acids is 1. The molecule has 0 saturated carbocycles. The first-order chi connectivity index (χ1) is 14.5. The van der Waals surface area contributed by atoms with Gasteiger partial charge >= 0.3 is 0 Å². The number of nitrogens with one attached hydrogen (secondary N) is 1. The van der Waals surface area contributed by atoms with Gasteiger partial charge in [0.2, 0.25) is 5.91 Å². The second kappa shape index (κ2) is 8.76. The van der Waals surface area contributed by atoms with Gasteiger partial charge in [-0.05, 0) is 55.5 Å². The molecule has 0 radical (unpaired) electrons. The van der Waals surface area contributed by atoms with Gasteiger partial charge in [0.1, 0.15) is 27.8 Å². The molecule has 0 spiro atoms. The standard InChI is InChI=1S/C21H17FN4O2S2/c1-12-23-19-20(30-12)18(13-3-9-16(28-2)10-4-13)25-26-21(19)29-11-17(27)24-15-7-5-14(22)6-8-15/h3-10H,11H2,1-2H3,(H,24,27). The van der Waals surface area contributed by atoms with Gasteiger partial charge in [0.15, 0.2) is 0 Å². The fourth-order valence-electron chi connectivity index (χ4n) is 2.82. The van der Waals surface area contributed by atoms with Crippen molar-refractivity contribution >= 4 is 44.9 Å². The number of aryl methyl sites for hydroxylation is 1. The van der Waals surface area contributed by atoms with Crippen LogP contribution in [0, 0.1) is 12.7 Å². The van der Waals surface area contributed by atoms with Crippen LogP contribution in [0.15, 0.2) is 53.6 Å². The maximum absolute atomic E-state index is 13.0. The van der Waals surface area contributed by atoms with E-state index in [4.69, 9.17) is 4.74 Å². The first kappa shape index (κ1) is 20.2. The molecule has 2 heterocycles. The van der Waals surface area contributed by atoms with Gasteiger partial charge in [0.25, 0.3) is 0 Å². The summed E-state index contributed by atoms with van der Waals surface area (Å²) in [6.07, 6.45) is 0. The highest BCUT2D eigenvalue weighted by atomic mass is 32.2. The van der Waals surface area contributed by atoms with E-state index < -0.39 is 0 Å². The molecule has 0 bridgehead atoms. The molecule has 9 heteroatoms. The number of hydrogen-bond acceptors (Lipinski definition) is 7. The molecule has 6 nitrogen and oxygen atoms in total. The van der Waals surface area contributed by atoms with E-state index in [1.165, 1.54) is 36.0 Å². The van der Waals surface area contributed by atoms with E-state index in [-0.39, 0.29) is 17.5 Å². The van der Waals surface area contributed by atoms with Gasteiger partial charge in [-0.2, -0.15) is 0 Å². The molecular weight excluding hydrogens is 423 g/mol. The topological polar surface area (TPSA) is 77.0 Å². The molecule has 152 valence electrons. The summed E-state index contributed by atoms with van der Waals surface area (Å²) in [4.78, 5) is 16.9. The van der Waals surface area contributed by atoms with Crippen LogP contribution in [0.2, 0.25) is 0 Å². The van der Waals surface area contributed by atoms with Gasteiger partial charge in [-0.3, -0.25) is 4.79 Å². The molecule has 0 aliphatic heterocycles. The lowest BCUT2D eigenvalue weighted by Crippen LogP contribution is -2.14. The Labute approximate surface area is 180 Å². The molecular formula is C21H17FN4O2S2. The van der Waals surface area contributed by atoms with E-state index in [2.05, 4.69) is 20.5 Å². The third kappa shape index (κ3) is 4.42. The fraction of sp³-hybridized carbons (Fsp3) is 0.143. The van der Waals surface area contributed by atoms with Gasteiger partial charge in [0.05, 0.1) is 22.6 Å². The highest BCUT2D eigenvalue weighted by molar-refractivity contribution is 8.00. The minimum atomic E-state index is -0.351. The number of rotatable bonds is 6. The third-order valence-corrected chi connectivity index (χ3v) is 6.16. The number of benzene rings is 2. The predicted octanol–water partition coefficient (Wildman–Crippen LogP) is 4.94. The number of anilines is 1. The van der Waals surface area contributed by atoms with Gasteiger partial charge in [-0.1, -0.05) is 11.8 Å². The first-order valence-electron chi connectivity index (χ1n) is 9.00. The van der Waals surface area contributed by atoms with Crippen LogP contribution in [0.1, 0.15) is 5.01 Å². The second-order valence-corrected chi connectivity index (χ2v) is 8.50. The van der Waals surface area contributed by atoms with Crippen molar-refractivity contribution in [2.24, 2.45) is 0 Å². The third-order valence-electron chi connectivity index (χ3n) is 4.22. The number of thiazole rings is 1. The van der Waals surface area contributed by atoms with E-state index in [0.717, 1.165) is 32.2 Å². The van der Waals surface area contributed by atoms with Crippen LogP contribution in [0.5, 0.6) is 5.75 Å². The largest absolute Gasteiger partial charge is 0.497 e. The van der Waals surface area contributed by atoms with Crippen molar-refractivity contribution in [1.82, 2.24) is 15.2 Å². The molecule has 30 heavy (non-hydrogen) atoms. The zero-order chi connectivity index (χ0) is 21.1. The first-order valence-corrected chi connectivity index (χ1v) is 10.8. The Morgan fingerprint density at radius 1 is 1.13 bits per heavy atom. The molecule has 0 fully saturated rings. The van der Waals surface area contributed by atoms with Crippen LogP contribution in [-0.2, 0) is 4.79 Å². The molecule has 4 rings (SSSR count). The molecule has 0 atom stereocenters. The minimum Gasteiger partial charge on any atom is -0.497 e. The molecule has 0 aliphatic carbocycles. The van der Waals surface area contributed by atoms with Gasteiger partial charge < -0.3 is 10.1 Å². The van der Waals surface area contributed by atoms with Crippen molar-refractivity contribution in [1.29, 1.82) is 0 Å². The number of halogens is 1. The van der Waals surface area contributed by atoms with Crippen molar-refractivity contribution in [2.45, 2.75) is 11.9 Å². The number of thioether (sulfide) groups is 1. The number of hydrogen-bond donors (Lipinski definition) is 1. The summed E-state index contributed by atoms with van der Waals surface area (Å²) in [5.41, 5.74) is 2.94. The SMILES string of the molecule is COc1ccc(-c2nnc(SCC(=O)Nc3ccc(F)cc3)c3nc(C)sc23)cc1. The van der Waals surface area contributed by atoms with Crippen LogP contribution in [0.4, 0.5) is 10.1 Å². The summed E-state index contributed by atoms with van der Waals surface area (Å²) >= 11 is 2.81. The van der Waals surface area contributed by atoms with E-state index in [9.17, 15) is 9.18 Å². The Bertz CT molecular complexity index is 1190. The van der Waals surface area contributed by atoms with Gasteiger partial charge in [-0.15, -0.1) is 21.5 Å². The number of aromatic nitrogens is 3. The maximum Gasteiger partial charge on any atom is 0.234 e. The number of carbonyl (C=O) groups is 1. The number of fused-ring (bicyclic) bond motifs is 1. The summed E-state index contributed by atoms with van der Waals surface area (Å²) in [5, 5.41) is 13.0. The molecule has 2 aromatic heterocycles. The van der Waals surface area contributed by atoms with Gasteiger partial charge in [-0.25, -0.2) is 9.37 Å². The lowest BCUT2D eigenvalue weighted by Gasteiger charge is -2.07. The van der Waals surface area contributed by atoms with Crippen molar-refractivity contribution in [2.75, 3.05) is 18.2 Å². The highest BCUT2D eigenvalue weighted by Gasteiger charge is 2.17. The van der Waals surface area contributed by atoms with E-state index in [1.807, 2.05) is 31.2 Å². The summed E-state index contributed by atoms with van der Waals surface area (Å²) < 4.78 is 19.1. The quantitative estimate of drug-likeness (QED) is 0.428. The van der Waals surface area contributed by atoms with E-state index in [0.29, 0.717) is 10.7 Å². The zero-order valence-electron chi connectivity index (χ0n) is 16.2. The summed E-state index contributed by atoms with van der Waals surface area (Å²) in [6, 6.07) is 13.2. The number of methoxy groups -OCH3 is 1. The predicted molar refractivity (Wildman–Crippen MR) is 118 cm³/mol. The molecule has 1 N–H and O–H groups in total. The van der Waals surface area contributed by atoms with Crippen molar-refractivity contribution in [3.8, 4) is 17.0 Å². The van der Waals surface area contributed by atoms with Crippen molar-refractivity contribution in [3.63, 3.8) is 0 Å².